The van der Waals surface area contributed by atoms with E-state index in [1.54, 1.807) is 16.9 Å². The summed E-state index contributed by atoms with van der Waals surface area (Å²) >= 11 is 6.42. The second-order valence-corrected chi connectivity index (χ2v) is 8.24. The minimum atomic E-state index is -0.209. The molecular formula is C25H25ClN4O. The van der Waals surface area contributed by atoms with Crippen LogP contribution in [0.3, 0.4) is 0 Å². The van der Waals surface area contributed by atoms with Crippen molar-refractivity contribution >= 4 is 34.2 Å². The molecule has 6 heteroatoms. The van der Waals surface area contributed by atoms with E-state index in [9.17, 15) is 4.79 Å². The molecule has 0 atom stereocenters. The van der Waals surface area contributed by atoms with Gasteiger partial charge >= 0.3 is 0 Å². The molecule has 1 heterocycles. The lowest BCUT2D eigenvalue weighted by molar-refractivity contribution is 0.102. The van der Waals surface area contributed by atoms with Gasteiger partial charge in [0.05, 0.1) is 16.4 Å². The summed E-state index contributed by atoms with van der Waals surface area (Å²) in [5.41, 5.74) is 6.84. The molecule has 0 saturated heterocycles. The molecule has 4 aromatic rings. The van der Waals surface area contributed by atoms with E-state index in [2.05, 4.69) is 34.6 Å². The van der Waals surface area contributed by atoms with Crippen molar-refractivity contribution in [3.8, 4) is 5.69 Å². The Morgan fingerprint density at radius 3 is 2.35 bits per heavy atom. The van der Waals surface area contributed by atoms with Crippen molar-refractivity contribution in [3.05, 3.63) is 81.9 Å². The van der Waals surface area contributed by atoms with Crippen LogP contribution in [0.25, 0.3) is 16.7 Å². The average Bonchev–Trinajstić information content (AvgIpc) is 3.17. The summed E-state index contributed by atoms with van der Waals surface area (Å²) < 4.78 is 0. The molecule has 3 aromatic carbocycles. The molecule has 0 bridgehead atoms. The first-order valence-electron chi connectivity index (χ1n) is 10.5. The van der Waals surface area contributed by atoms with Crippen LogP contribution in [0.1, 0.15) is 46.8 Å². The van der Waals surface area contributed by atoms with Crippen LogP contribution >= 0.6 is 11.6 Å². The molecule has 4 rings (SSSR count). The molecule has 1 N–H and O–H groups in total. The third-order valence-electron chi connectivity index (χ3n) is 5.47. The number of carbonyl (C=O) groups is 1. The van der Waals surface area contributed by atoms with Gasteiger partial charge in [0.15, 0.2) is 0 Å². The highest BCUT2D eigenvalue weighted by molar-refractivity contribution is 6.34. The van der Waals surface area contributed by atoms with Crippen molar-refractivity contribution < 1.29 is 4.79 Å². The van der Waals surface area contributed by atoms with Gasteiger partial charge in [-0.2, -0.15) is 4.80 Å². The van der Waals surface area contributed by atoms with Crippen molar-refractivity contribution in [3.63, 3.8) is 0 Å². The highest BCUT2D eigenvalue weighted by atomic mass is 35.5. The molecule has 0 fully saturated rings. The van der Waals surface area contributed by atoms with Gasteiger partial charge in [-0.25, -0.2) is 0 Å². The number of nitrogens with one attached hydrogen (secondary N) is 1. The minimum Gasteiger partial charge on any atom is -0.321 e. The average molecular weight is 433 g/mol. The first-order chi connectivity index (χ1) is 14.9. The zero-order valence-corrected chi connectivity index (χ0v) is 18.7. The Bertz CT molecular complexity index is 1240. The van der Waals surface area contributed by atoms with E-state index >= 15 is 0 Å². The van der Waals surface area contributed by atoms with E-state index in [4.69, 9.17) is 11.6 Å². The molecule has 0 saturated carbocycles. The lowest BCUT2D eigenvalue weighted by Crippen LogP contribution is -2.12. The second kappa shape index (κ2) is 8.90. The minimum absolute atomic E-state index is 0.209. The molecular weight excluding hydrogens is 408 g/mol. The Labute approximate surface area is 187 Å². The summed E-state index contributed by atoms with van der Waals surface area (Å²) in [6.07, 6.45) is 3.43. The van der Waals surface area contributed by atoms with Gasteiger partial charge in [0.1, 0.15) is 11.0 Å². The maximum absolute atomic E-state index is 12.7. The Balaban J connectivity index is 1.58. The number of hydrogen-bond donors (Lipinski definition) is 1. The summed E-state index contributed by atoms with van der Waals surface area (Å²) in [7, 11) is 0. The molecule has 5 nitrogen and oxygen atoms in total. The van der Waals surface area contributed by atoms with Crippen LogP contribution in [0.15, 0.2) is 54.6 Å². The SMILES string of the molecule is CCCCc1ccc(-n2nc3cc(Cl)c(NC(=O)c4ccc(C)c(C)c4)cc3n2)cc1. The van der Waals surface area contributed by atoms with E-state index < -0.39 is 0 Å². The number of unbranched alkanes of at least 4 members (excludes halogenated alkanes) is 1. The number of aromatic nitrogens is 3. The lowest BCUT2D eigenvalue weighted by Gasteiger charge is -2.08. The Hall–Kier alpha value is -3.18. The number of aryl methyl sites for hydroxylation is 3. The summed E-state index contributed by atoms with van der Waals surface area (Å²) in [5, 5.41) is 12.4. The summed E-state index contributed by atoms with van der Waals surface area (Å²) in [5.74, 6) is -0.209. The van der Waals surface area contributed by atoms with Gasteiger partial charge in [0, 0.05) is 5.56 Å². The topological polar surface area (TPSA) is 59.8 Å². The number of fused-ring (bicyclic) bond motifs is 1. The zero-order valence-electron chi connectivity index (χ0n) is 17.9. The van der Waals surface area contributed by atoms with Gasteiger partial charge in [-0.15, -0.1) is 10.2 Å². The molecule has 0 radical (unpaired) electrons. The van der Waals surface area contributed by atoms with Crippen LogP contribution in [0, 0.1) is 13.8 Å². The van der Waals surface area contributed by atoms with Crippen LogP contribution in [-0.4, -0.2) is 20.9 Å². The van der Waals surface area contributed by atoms with Crippen LogP contribution in [0.5, 0.6) is 0 Å². The lowest BCUT2D eigenvalue weighted by atomic mass is 10.1. The largest absolute Gasteiger partial charge is 0.321 e. The van der Waals surface area contributed by atoms with Gasteiger partial charge < -0.3 is 5.32 Å². The number of amides is 1. The van der Waals surface area contributed by atoms with Crippen molar-refractivity contribution in [2.45, 2.75) is 40.0 Å². The first-order valence-corrected chi connectivity index (χ1v) is 10.9. The Morgan fingerprint density at radius 1 is 0.968 bits per heavy atom. The van der Waals surface area contributed by atoms with Crippen LogP contribution in [0.2, 0.25) is 5.02 Å². The molecule has 0 unspecified atom stereocenters. The van der Waals surface area contributed by atoms with Crippen LogP contribution < -0.4 is 5.32 Å². The number of hydrogen-bond acceptors (Lipinski definition) is 3. The fraction of sp³-hybridized carbons (Fsp3) is 0.240. The fourth-order valence-corrected chi connectivity index (χ4v) is 3.61. The van der Waals surface area contributed by atoms with Crippen LogP contribution in [-0.2, 0) is 6.42 Å². The standard InChI is InChI=1S/C25H25ClN4O/c1-4-5-6-18-8-11-20(12-9-18)30-28-23-14-21(26)22(15-24(23)29-30)27-25(31)19-10-7-16(2)17(3)13-19/h7-15H,4-6H2,1-3H3,(H,27,31). The summed E-state index contributed by atoms with van der Waals surface area (Å²) in [4.78, 5) is 14.3. The van der Waals surface area contributed by atoms with E-state index in [0.717, 1.165) is 23.2 Å². The van der Waals surface area contributed by atoms with E-state index in [1.165, 1.54) is 18.4 Å². The van der Waals surface area contributed by atoms with Gasteiger partial charge in [0.2, 0.25) is 0 Å². The normalized spacial score (nSPS) is 11.1. The third kappa shape index (κ3) is 4.62. The third-order valence-corrected chi connectivity index (χ3v) is 5.79. The number of anilines is 1. The monoisotopic (exact) mass is 432 g/mol. The number of rotatable bonds is 6. The summed E-state index contributed by atoms with van der Waals surface area (Å²) in [6.45, 7) is 6.20. The molecule has 1 amide bonds. The molecule has 1 aromatic heterocycles. The van der Waals surface area contributed by atoms with Gasteiger partial charge in [-0.1, -0.05) is 43.1 Å². The van der Waals surface area contributed by atoms with E-state index in [-0.39, 0.29) is 5.91 Å². The number of benzene rings is 3. The van der Waals surface area contributed by atoms with Crippen LogP contribution in [0.4, 0.5) is 5.69 Å². The maximum Gasteiger partial charge on any atom is 0.255 e. The molecule has 0 spiro atoms. The van der Waals surface area contributed by atoms with Crippen molar-refractivity contribution in [2.75, 3.05) is 5.32 Å². The van der Waals surface area contributed by atoms with Gasteiger partial charge in [0.25, 0.3) is 5.91 Å². The van der Waals surface area contributed by atoms with Crippen molar-refractivity contribution in [1.29, 1.82) is 0 Å². The maximum atomic E-state index is 12.7. The highest BCUT2D eigenvalue weighted by Gasteiger charge is 2.13. The molecule has 0 aliphatic rings. The molecule has 31 heavy (non-hydrogen) atoms. The van der Waals surface area contributed by atoms with Gasteiger partial charge in [-0.3, -0.25) is 4.79 Å². The van der Waals surface area contributed by atoms with Crippen molar-refractivity contribution in [2.24, 2.45) is 0 Å². The smallest absolute Gasteiger partial charge is 0.255 e. The number of carbonyl (C=O) groups excluding carboxylic acids is 1. The molecule has 0 aliphatic carbocycles. The second-order valence-electron chi connectivity index (χ2n) is 7.83. The quantitative estimate of drug-likeness (QED) is 0.389. The highest BCUT2D eigenvalue weighted by Crippen LogP contribution is 2.27. The molecule has 158 valence electrons. The van der Waals surface area contributed by atoms with Crippen molar-refractivity contribution in [1.82, 2.24) is 15.0 Å². The fourth-order valence-electron chi connectivity index (χ4n) is 3.40. The first kappa shape index (κ1) is 21.1. The van der Waals surface area contributed by atoms with Gasteiger partial charge in [-0.05, 0) is 79.8 Å². The summed E-state index contributed by atoms with van der Waals surface area (Å²) in [6, 6.07) is 17.4. The Morgan fingerprint density at radius 2 is 1.68 bits per heavy atom. The van der Waals surface area contributed by atoms with E-state index in [0.29, 0.717) is 27.3 Å². The predicted octanol–water partition coefficient (Wildman–Crippen LogP) is 6.29. The predicted molar refractivity (Wildman–Crippen MR) is 126 cm³/mol. The van der Waals surface area contributed by atoms with E-state index in [1.807, 2.05) is 44.2 Å². The number of halogens is 1. The molecule has 0 aliphatic heterocycles. The zero-order chi connectivity index (χ0) is 22.0. The number of nitrogens with zero attached hydrogens (tertiary/aromatic N) is 3. The Kier molecular flexibility index (Phi) is 6.05.